The Morgan fingerprint density at radius 1 is 0.864 bits per heavy atom. The minimum absolute atomic E-state index is 0.420. The molecule has 7 heteroatoms. The van der Waals surface area contributed by atoms with Crippen molar-refractivity contribution in [3.63, 3.8) is 0 Å². The SMILES string of the molecule is Nc1cccc(Nc2ncnc(Nc3cccc(Cl)c3)n2)c1. The molecule has 1 heterocycles. The van der Waals surface area contributed by atoms with Crippen molar-refractivity contribution in [1.82, 2.24) is 15.0 Å². The van der Waals surface area contributed by atoms with Crippen molar-refractivity contribution in [3.8, 4) is 0 Å². The molecule has 3 rings (SSSR count). The Bertz CT molecular complexity index is 729. The quantitative estimate of drug-likeness (QED) is 0.638. The molecule has 0 fully saturated rings. The molecular weight excluding hydrogens is 300 g/mol. The van der Waals surface area contributed by atoms with Crippen molar-refractivity contribution >= 4 is 40.6 Å². The Kier molecular flexibility index (Phi) is 4.02. The van der Waals surface area contributed by atoms with Gasteiger partial charge in [-0.15, -0.1) is 0 Å². The summed E-state index contributed by atoms with van der Waals surface area (Å²) in [6.07, 6.45) is 1.43. The maximum absolute atomic E-state index is 5.95. The standard InChI is InChI=1S/C15H13ClN6/c16-10-3-1-5-12(7-10)20-14-18-9-19-15(22-14)21-13-6-2-4-11(17)8-13/h1-9H,17H2,(H2,18,19,20,21,22). The van der Waals surface area contributed by atoms with Crippen LogP contribution in [0.15, 0.2) is 54.9 Å². The van der Waals surface area contributed by atoms with Gasteiger partial charge in [0.2, 0.25) is 11.9 Å². The highest BCUT2D eigenvalue weighted by atomic mass is 35.5. The van der Waals surface area contributed by atoms with Gasteiger partial charge in [0, 0.05) is 22.1 Å². The number of benzene rings is 2. The minimum atomic E-state index is 0.420. The largest absolute Gasteiger partial charge is 0.399 e. The lowest BCUT2D eigenvalue weighted by molar-refractivity contribution is 1.06. The van der Waals surface area contributed by atoms with E-state index in [0.29, 0.717) is 22.6 Å². The monoisotopic (exact) mass is 312 g/mol. The summed E-state index contributed by atoms with van der Waals surface area (Å²) < 4.78 is 0. The Hall–Kier alpha value is -2.86. The van der Waals surface area contributed by atoms with Crippen LogP contribution in [0.3, 0.4) is 0 Å². The molecule has 0 spiro atoms. The smallest absolute Gasteiger partial charge is 0.232 e. The molecule has 0 aliphatic carbocycles. The predicted molar refractivity (Wildman–Crippen MR) is 88.7 cm³/mol. The number of hydrogen-bond donors (Lipinski definition) is 3. The van der Waals surface area contributed by atoms with Gasteiger partial charge in [-0.05, 0) is 36.4 Å². The zero-order valence-electron chi connectivity index (χ0n) is 11.5. The number of rotatable bonds is 4. The second-order valence-corrected chi connectivity index (χ2v) is 4.95. The highest BCUT2D eigenvalue weighted by Gasteiger charge is 2.03. The van der Waals surface area contributed by atoms with E-state index in [1.807, 2.05) is 30.3 Å². The molecule has 0 radical (unpaired) electrons. The summed E-state index contributed by atoms with van der Waals surface area (Å²) in [5.74, 6) is 0.841. The van der Waals surface area contributed by atoms with E-state index in [1.165, 1.54) is 6.33 Å². The summed E-state index contributed by atoms with van der Waals surface area (Å²) in [7, 11) is 0. The van der Waals surface area contributed by atoms with Gasteiger partial charge in [0.1, 0.15) is 6.33 Å². The summed E-state index contributed by atoms with van der Waals surface area (Å²) in [4.78, 5) is 12.5. The van der Waals surface area contributed by atoms with E-state index in [2.05, 4.69) is 25.6 Å². The van der Waals surface area contributed by atoms with E-state index in [9.17, 15) is 0 Å². The van der Waals surface area contributed by atoms with Crippen LogP contribution in [0.25, 0.3) is 0 Å². The zero-order chi connectivity index (χ0) is 15.4. The van der Waals surface area contributed by atoms with E-state index in [-0.39, 0.29) is 0 Å². The fourth-order valence-corrected chi connectivity index (χ4v) is 2.05. The molecule has 22 heavy (non-hydrogen) atoms. The van der Waals surface area contributed by atoms with Crippen LogP contribution < -0.4 is 16.4 Å². The number of nitrogens with one attached hydrogen (secondary N) is 2. The average Bonchev–Trinajstić information content (AvgIpc) is 2.47. The summed E-state index contributed by atoms with van der Waals surface area (Å²) in [5.41, 5.74) is 8.01. The van der Waals surface area contributed by atoms with Gasteiger partial charge < -0.3 is 16.4 Å². The lowest BCUT2D eigenvalue weighted by Gasteiger charge is -2.08. The number of aromatic nitrogens is 3. The molecule has 110 valence electrons. The molecule has 0 atom stereocenters. The van der Waals surface area contributed by atoms with Crippen molar-refractivity contribution in [2.75, 3.05) is 16.4 Å². The van der Waals surface area contributed by atoms with E-state index in [4.69, 9.17) is 17.3 Å². The van der Waals surface area contributed by atoms with Gasteiger partial charge in [0.05, 0.1) is 0 Å². The second-order valence-electron chi connectivity index (χ2n) is 4.52. The lowest BCUT2D eigenvalue weighted by Crippen LogP contribution is -2.02. The number of nitrogens with two attached hydrogens (primary N) is 1. The molecule has 0 aliphatic heterocycles. The third-order valence-electron chi connectivity index (χ3n) is 2.80. The topological polar surface area (TPSA) is 88.8 Å². The van der Waals surface area contributed by atoms with Crippen molar-refractivity contribution in [2.45, 2.75) is 0 Å². The van der Waals surface area contributed by atoms with Crippen LogP contribution in [-0.2, 0) is 0 Å². The zero-order valence-corrected chi connectivity index (χ0v) is 12.2. The van der Waals surface area contributed by atoms with E-state index < -0.39 is 0 Å². The molecule has 3 aromatic rings. The van der Waals surface area contributed by atoms with Gasteiger partial charge in [-0.25, -0.2) is 9.97 Å². The summed E-state index contributed by atoms with van der Waals surface area (Å²) in [6, 6.07) is 14.6. The molecule has 0 saturated heterocycles. The number of hydrogen-bond acceptors (Lipinski definition) is 6. The van der Waals surface area contributed by atoms with Crippen LogP contribution in [-0.4, -0.2) is 15.0 Å². The molecule has 0 saturated carbocycles. The minimum Gasteiger partial charge on any atom is -0.399 e. The molecule has 0 bridgehead atoms. The van der Waals surface area contributed by atoms with Crippen LogP contribution in [0.2, 0.25) is 5.02 Å². The number of anilines is 5. The van der Waals surface area contributed by atoms with E-state index >= 15 is 0 Å². The van der Waals surface area contributed by atoms with Crippen LogP contribution >= 0.6 is 11.6 Å². The highest BCUT2D eigenvalue weighted by molar-refractivity contribution is 6.30. The van der Waals surface area contributed by atoms with Crippen molar-refractivity contribution in [3.05, 3.63) is 59.9 Å². The van der Waals surface area contributed by atoms with Crippen molar-refractivity contribution in [1.29, 1.82) is 0 Å². The highest BCUT2D eigenvalue weighted by Crippen LogP contribution is 2.19. The number of nitrogen functional groups attached to an aromatic ring is 1. The Labute approximate surface area is 132 Å². The number of halogens is 1. The number of nitrogens with zero attached hydrogens (tertiary/aromatic N) is 3. The summed E-state index contributed by atoms with van der Waals surface area (Å²) >= 11 is 5.95. The molecule has 4 N–H and O–H groups in total. The van der Waals surface area contributed by atoms with Crippen molar-refractivity contribution < 1.29 is 0 Å². The Balaban J connectivity index is 1.78. The van der Waals surface area contributed by atoms with Gasteiger partial charge >= 0.3 is 0 Å². The first kappa shape index (κ1) is 14.1. The average molecular weight is 313 g/mol. The third-order valence-corrected chi connectivity index (χ3v) is 3.03. The van der Waals surface area contributed by atoms with Crippen LogP contribution in [0.5, 0.6) is 0 Å². The first-order valence-corrected chi connectivity index (χ1v) is 6.91. The van der Waals surface area contributed by atoms with Crippen LogP contribution in [0, 0.1) is 0 Å². The summed E-state index contributed by atoms with van der Waals surface area (Å²) in [6.45, 7) is 0. The molecular formula is C15H13ClN6. The molecule has 0 amide bonds. The maximum Gasteiger partial charge on any atom is 0.232 e. The summed E-state index contributed by atoms with van der Waals surface area (Å²) in [5, 5.41) is 6.78. The third kappa shape index (κ3) is 3.62. The molecule has 1 aromatic heterocycles. The Morgan fingerprint density at radius 3 is 2.14 bits per heavy atom. The maximum atomic E-state index is 5.95. The first-order chi connectivity index (χ1) is 10.7. The molecule has 0 unspecified atom stereocenters. The van der Waals surface area contributed by atoms with Crippen LogP contribution in [0.1, 0.15) is 0 Å². The van der Waals surface area contributed by atoms with Gasteiger partial charge in [0.15, 0.2) is 0 Å². The first-order valence-electron chi connectivity index (χ1n) is 6.53. The van der Waals surface area contributed by atoms with E-state index in [0.717, 1.165) is 11.4 Å². The molecule has 6 nitrogen and oxygen atoms in total. The van der Waals surface area contributed by atoms with Crippen LogP contribution in [0.4, 0.5) is 29.0 Å². The molecule has 0 aliphatic rings. The van der Waals surface area contributed by atoms with Gasteiger partial charge in [-0.3, -0.25) is 0 Å². The van der Waals surface area contributed by atoms with Crippen molar-refractivity contribution in [2.24, 2.45) is 0 Å². The van der Waals surface area contributed by atoms with Gasteiger partial charge in [-0.2, -0.15) is 4.98 Å². The fraction of sp³-hybridized carbons (Fsp3) is 0. The van der Waals surface area contributed by atoms with Gasteiger partial charge in [-0.1, -0.05) is 23.7 Å². The Morgan fingerprint density at radius 2 is 1.50 bits per heavy atom. The van der Waals surface area contributed by atoms with E-state index in [1.54, 1.807) is 18.2 Å². The second kappa shape index (κ2) is 6.28. The molecule has 2 aromatic carbocycles. The lowest BCUT2D eigenvalue weighted by atomic mass is 10.3. The fourth-order valence-electron chi connectivity index (χ4n) is 1.86. The predicted octanol–water partition coefficient (Wildman–Crippen LogP) is 3.59. The normalized spacial score (nSPS) is 10.2. The van der Waals surface area contributed by atoms with Gasteiger partial charge in [0.25, 0.3) is 0 Å².